The van der Waals surface area contributed by atoms with Crippen LogP contribution in [0, 0.1) is 0 Å². The molecule has 6 heteroatoms. The molecule has 5 nitrogen and oxygen atoms in total. The number of anilines is 1. The lowest BCUT2D eigenvalue weighted by Gasteiger charge is -2.43. The van der Waals surface area contributed by atoms with E-state index in [9.17, 15) is 0 Å². The predicted molar refractivity (Wildman–Crippen MR) is 85.4 cm³/mol. The molecule has 0 atom stereocenters. The highest BCUT2D eigenvalue weighted by atomic mass is 32.1. The summed E-state index contributed by atoms with van der Waals surface area (Å²) in [7, 11) is 1.67. The first-order valence-corrected chi connectivity index (χ1v) is 7.16. The summed E-state index contributed by atoms with van der Waals surface area (Å²) in [4.78, 5) is 9.53. The van der Waals surface area contributed by atoms with Crippen LogP contribution in [-0.4, -0.2) is 53.7 Å². The molecular formula is C14H22N4OS. The summed E-state index contributed by atoms with van der Waals surface area (Å²) < 4.78 is 5.37. The fraction of sp³-hybridized carbons (Fsp3) is 0.571. The smallest absolute Gasteiger partial charge is 0.171 e. The maximum Gasteiger partial charge on any atom is 0.171 e. The quantitative estimate of drug-likeness (QED) is 0.844. The Morgan fingerprint density at radius 1 is 1.35 bits per heavy atom. The topological polar surface area (TPSA) is 54.6 Å². The van der Waals surface area contributed by atoms with Gasteiger partial charge >= 0.3 is 0 Å². The number of methoxy groups -OCH3 is 1. The minimum Gasteiger partial charge on any atom is -0.493 e. The number of ether oxygens (including phenoxy) is 1. The maximum atomic E-state index is 5.84. The van der Waals surface area contributed by atoms with Gasteiger partial charge in [0.2, 0.25) is 0 Å². The summed E-state index contributed by atoms with van der Waals surface area (Å²) in [5.74, 6) is 1.72. The van der Waals surface area contributed by atoms with Crippen molar-refractivity contribution < 1.29 is 4.74 Å². The Bertz CT molecular complexity index is 484. The first-order valence-electron chi connectivity index (χ1n) is 6.75. The molecule has 0 aromatic carbocycles. The van der Waals surface area contributed by atoms with Crippen molar-refractivity contribution in [3.8, 4) is 5.75 Å². The monoisotopic (exact) mass is 294 g/mol. The molecule has 110 valence electrons. The van der Waals surface area contributed by atoms with Gasteiger partial charge in [0, 0.05) is 32.4 Å². The van der Waals surface area contributed by atoms with Crippen LogP contribution in [0.15, 0.2) is 18.3 Å². The number of pyridine rings is 1. The van der Waals surface area contributed by atoms with Crippen molar-refractivity contribution >= 4 is 23.0 Å². The lowest BCUT2D eigenvalue weighted by molar-refractivity contribution is 0.167. The van der Waals surface area contributed by atoms with Gasteiger partial charge in [-0.15, -0.1) is 0 Å². The molecular weight excluding hydrogens is 272 g/mol. The van der Waals surface area contributed by atoms with E-state index in [1.54, 1.807) is 13.3 Å². The van der Waals surface area contributed by atoms with E-state index in [-0.39, 0.29) is 5.54 Å². The largest absolute Gasteiger partial charge is 0.493 e. The van der Waals surface area contributed by atoms with Crippen LogP contribution in [0.1, 0.15) is 13.8 Å². The van der Waals surface area contributed by atoms with E-state index in [4.69, 9.17) is 22.7 Å². The number of hydrogen-bond acceptors (Lipinski definition) is 5. The number of piperazine rings is 1. The van der Waals surface area contributed by atoms with Crippen LogP contribution in [0.4, 0.5) is 5.82 Å². The molecule has 1 aromatic rings. The molecule has 2 rings (SSSR count). The van der Waals surface area contributed by atoms with Gasteiger partial charge in [-0.2, -0.15) is 0 Å². The Balaban J connectivity index is 2.06. The fourth-order valence-electron chi connectivity index (χ4n) is 2.41. The Hall–Kier alpha value is -1.40. The molecule has 0 radical (unpaired) electrons. The van der Waals surface area contributed by atoms with Crippen molar-refractivity contribution in [3.05, 3.63) is 18.3 Å². The second kappa shape index (κ2) is 5.93. The minimum absolute atomic E-state index is 0.240. The van der Waals surface area contributed by atoms with Gasteiger partial charge in [0.25, 0.3) is 0 Å². The molecule has 1 aromatic heterocycles. The molecule has 0 saturated carbocycles. The number of nitrogens with zero attached hydrogens (tertiary/aromatic N) is 3. The molecule has 2 N–H and O–H groups in total. The van der Waals surface area contributed by atoms with Crippen LogP contribution < -0.4 is 15.4 Å². The van der Waals surface area contributed by atoms with Crippen LogP contribution in [-0.2, 0) is 0 Å². The number of thiocarbonyl (C=S) groups is 1. The molecule has 0 amide bonds. The second-order valence-corrected chi connectivity index (χ2v) is 5.87. The highest BCUT2D eigenvalue weighted by Crippen LogP contribution is 2.27. The highest BCUT2D eigenvalue weighted by Gasteiger charge is 2.32. The van der Waals surface area contributed by atoms with Crippen LogP contribution in [0.3, 0.4) is 0 Å². The Morgan fingerprint density at radius 2 is 2.00 bits per heavy atom. The first-order chi connectivity index (χ1) is 9.46. The normalized spacial score (nSPS) is 17.1. The zero-order chi connectivity index (χ0) is 14.8. The van der Waals surface area contributed by atoms with Crippen molar-refractivity contribution in [2.45, 2.75) is 19.4 Å². The van der Waals surface area contributed by atoms with Crippen molar-refractivity contribution in [3.63, 3.8) is 0 Å². The van der Waals surface area contributed by atoms with Gasteiger partial charge in [-0.3, -0.25) is 4.90 Å². The number of nitrogens with two attached hydrogens (primary N) is 1. The van der Waals surface area contributed by atoms with Crippen molar-refractivity contribution in [1.82, 2.24) is 9.88 Å². The molecule has 0 aliphatic carbocycles. The van der Waals surface area contributed by atoms with E-state index >= 15 is 0 Å². The molecule has 0 spiro atoms. The van der Waals surface area contributed by atoms with Gasteiger partial charge in [0.15, 0.2) is 11.6 Å². The first kappa shape index (κ1) is 15.0. The highest BCUT2D eigenvalue weighted by molar-refractivity contribution is 7.80. The van der Waals surface area contributed by atoms with E-state index < -0.39 is 0 Å². The molecule has 1 aliphatic rings. The lowest BCUT2D eigenvalue weighted by Crippen LogP contribution is -2.59. The Labute approximate surface area is 125 Å². The summed E-state index contributed by atoms with van der Waals surface area (Å²) in [5, 5.41) is 0. The molecule has 1 aliphatic heterocycles. The van der Waals surface area contributed by atoms with Gasteiger partial charge in [0.05, 0.1) is 17.6 Å². The van der Waals surface area contributed by atoms with Gasteiger partial charge in [-0.25, -0.2) is 4.98 Å². The van der Waals surface area contributed by atoms with Gasteiger partial charge in [0.1, 0.15) is 0 Å². The standard InChI is InChI=1S/C14H22N4OS/c1-14(2,13(15)20)18-9-7-17(8-10-18)12-11(19-3)5-4-6-16-12/h4-6H,7-10H2,1-3H3,(H2,15,20). The maximum absolute atomic E-state index is 5.84. The van der Waals surface area contributed by atoms with Crippen LogP contribution in [0.25, 0.3) is 0 Å². The Morgan fingerprint density at radius 3 is 2.55 bits per heavy atom. The molecule has 0 unspecified atom stereocenters. The van der Waals surface area contributed by atoms with Crippen molar-refractivity contribution in [1.29, 1.82) is 0 Å². The van der Waals surface area contributed by atoms with Crippen LogP contribution in [0.2, 0.25) is 0 Å². The summed E-state index contributed by atoms with van der Waals surface area (Å²) in [6.07, 6.45) is 1.79. The molecule has 0 bridgehead atoms. The van der Waals surface area contributed by atoms with Gasteiger partial charge in [-0.05, 0) is 26.0 Å². The van der Waals surface area contributed by atoms with E-state index in [1.807, 2.05) is 12.1 Å². The predicted octanol–water partition coefficient (Wildman–Crippen LogP) is 1.28. The van der Waals surface area contributed by atoms with Crippen LogP contribution >= 0.6 is 12.2 Å². The molecule has 2 heterocycles. The van der Waals surface area contributed by atoms with Crippen molar-refractivity contribution in [2.24, 2.45) is 5.73 Å². The van der Waals surface area contributed by atoms with Crippen molar-refractivity contribution in [2.75, 3.05) is 38.2 Å². The SMILES string of the molecule is COc1cccnc1N1CCN(C(C)(C)C(N)=S)CC1. The summed E-state index contributed by atoms with van der Waals surface area (Å²) in [6, 6.07) is 3.82. The van der Waals surface area contributed by atoms with E-state index in [0.717, 1.165) is 37.7 Å². The summed E-state index contributed by atoms with van der Waals surface area (Å²) >= 11 is 5.17. The number of rotatable bonds is 4. The zero-order valence-corrected chi connectivity index (χ0v) is 13.1. The lowest BCUT2D eigenvalue weighted by atomic mass is 10.0. The minimum atomic E-state index is -0.240. The third kappa shape index (κ3) is 2.86. The zero-order valence-electron chi connectivity index (χ0n) is 12.3. The van der Waals surface area contributed by atoms with Gasteiger partial charge in [-0.1, -0.05) is 12.2 Å². The summed E-state index contributed by atoms with van der Waals surface area (Å²) in [6.45, 7) is 7.74. The van der Waals surface area contributed by atoms with E-state index in [2.05, 4.69) is 28.6 Å². The molecule has 1 saturated heterocycles. The number of aromatic nitrogens is 1. The average molecular weight is 294 g/mol. The second-order valence-electron chi connectivity index (χ2n) is 5.43. The van der Waals surface area contributed by atoms with E-state index in [1.165, 1.54) is 0 Å². The third-order valence-electron chi connectivity index (χ3n) is 3.94. The summed E-state index contributed by atoms with van der Waals surface area (Å²) in [5.41, 5.74) is 5.60. The third-order valence-corrected chi connectivity index (χ3v) is 4.44. The fourth-order valence-corrected chi connectivity index (χ4v) is 2.54. The average Bonchev–Trinajstić information content (AvgIpc) is 2.47. The number of hydrogen-bond donors (Lipinski definition) is 1. The molecule has 1 fully saturated rings. The van der Waals surface area contributed by atoms with Gasteiger partial charge < -0.3 is 15.4 Å². The molecule has 20 heavy (non-hydrogen) atoms. The van der Waals surface area contributed by atoms with Crippen LogP contribution in [0.5, 0.6) is 5.75 Å². The Kier molecular flexibility index (Phi) is 4.45. The van der Waals surface area contributed by atoms with E-state index in [0.29, 0.717) is 4.99 Å².